The summed E-state index contributed by atoms with van der Waals surface area (Å²) in [6.45, 7) is 6.04. The second-order valence-electron chi connectivity index (χ2n) is 5.20. The SMILES string of the molecule is CC(C)(C(=O)N1CCN(c2nccs2)CC1)C(N)=NO. The van der Waals surface area contributed by atoms with Crippen LogP contribution in [0.15, 0.2) is 16.7 Å². The lowest BCUT2D eigenvalue weighted by molar-refractivity contribution is -0.137. The van der Waals surface area contributed by atoms with E-state index in [1.54, 1.807) is 36.3 Å². The number of oxime groups is 1. The topological polar surface area (TPSA) is 95.1 Å². The van der Waals surface area contributed by atoms with E-state index in [1.807, 2.05) is 5.38 Å². The van der Waals surface area contributed by atoms with Crippen LogP contribution in [-0.2, 0) is 4.79 Å². The molecule has 2 rings (SSSR count). The number of amides is 1. The number of nitrogens with zero attached hydrogens (tertiary/aromatic N) is 4. The van der Waals surface area contributed by atoms with Crippen molar-refractivity contribution in [3.8, 4) is 0 Å². The van der Waals surface area contributed by atoms with Crippen molar-refractivity contribution in [1.82, 2.24) is 9.88 Å². The Balaban J connectivity index is 1.99. The molecule has 0 radical (unpaired) electrons. The van der Waals surface area contributed by atoms with Gasteiger partial charge in [0.2, 0.25) is 5.91 Å². The molecule has 8 heteroatoms. The Morgan fingerprint density at radius 2 is 2.10 bits per heavy atom. The van der Waals surface area contributed by atoms with Crippen molar-refractivity contribution in [2.75, 3.05) is 31.1 Å². The summed E-state index contributed by atoms with van der Waals surface area (Å²) in [5.41, 5.74) is 4.61. The van der Waals surface area contributed by atoms with Gasteiger partial charge in [0.15, 0.2) is 11.0 Å². The molecule has 7 nitrogen and oxygen atoms in total. The fraction of sp³-hybridized carbons (Fsp3) is 0.583. The predicted octanol–water partition coefficient (Wildman–Crippen LogP) is 0.564. The minimum absolute atomic E-state index is 0.0650. The van der Waals surface area contributed by atoms with Gasteiger partial charge < -0.3 is 20.7 Å². The number of hydrogen-bond donors (Lipinski definition) is 2. The smallest absolute Gasteiger partial charge is 0.236 e. The van der Waals surface area contributed by atoms with Gasteiger partial charge in [-0.1, -0.05) is 5.16 Å². The summed E-state index contributed by atoms with van der Waals surface area (Å²) in [6.07, 6.45) is 1.78. The first-order chi connectivity index (χ1) is 9.46. The number of amidine groups is 1. The Hall–Kier alpha value is -1.83. The van der Waals surface area contributed by atoms with Crippen LogP contribution in [-0.4, -0.2) is 53.0 Å². The molecule has 1 aliphatic heterocycles. The number of nitrogens with two attached hydrogens (primary N) is 1. The highest BCUT2D eigenvalue weighted by atomic mass is 32.1. The lowest BCUT2D eigenvalue weighted by Gasteiger charge is -2.38. The number of carbonyl (C=O) groups is 1. The summed E-state index contributed by atoms with van der Waals surface area (Å²) in [5.74, 6) is -0.184. The maximum absolute atomic E-state index is 12.4. The van der Waals surface area contributed by atoms with Crippen molar-refractivity contribution in [2.45, 2.75) is 13.8 Å². The van der Waals surface area contributed by atoms with Crippen LogP contribution in [0.3, 0.4) is 0 Å². The number of hydrogen-bond acceptors (Lipinski definition) is 6. The number of anilines is 1. The summed E-state index contributed by atoms with van der Waals surface area (Å²) in [5, 5.41) is 14.6. The molecule has 0 spiro atoms. The second kappa shape index (κ2) is 5.66. The second-order valence-corrected chi connectivity index (χ2v) is 6.08. The molecular formula is C12H19N5O2S. The van der Waals surface area contributed by atoms with Gasteiger partial charge in [0.05, 0.1) is 0 Å². The molecule has 0 aliphatic carbocycles. The average molecular weight is 297 g/mol. The van der Waals surface area contributed by atoms with Crippen LogP contribution in [0.2, 0.25) is 0 Å². The summed E-state index contributed by atoms with van der Waals surface area (Å²) in [6, 6.07) is 0. The van der Waals surface area contributed by atoms with Crippen LogP contribution in [0.5, 0.6) is 0 Å². The van der Waals surface area contributed by atoms with E-state index in [4.69, 9.17) is 10.9 Å². The van der Waals surface area contributed by atoms with E-state index in [9.17, 15) is 4.79 Å². The van der Waals surface area contributed by atoms with E-state index in [0.29, 0.717) is 13.1 Å². The third kappa shape index (κ3) is 2.69. The Kier molecular flexibility index (Phi) is 4.12. The molecule has 0 saturated carbocycles. The first-order valence-corrected chi connectivity index (χ1v) is 7.26. The molecule has 1 aromatic rings. The fourth-order valence-electron chi connectivity index (χ4n) is 2.10. The molecule has 1 amide bonds. The van der Waals surface area contributed by atoms with E-state index in [2.05, 4.69) is 15.0 Å². The zero-order valence-electron chi connectivity index (χ0n) is 11.6. The van der Waals surface area contributed by atoms with Crippen molar-refractivity contribution >= 4 is 28.2 Å². The van der Waals surface area contributed by atoms with Gasteiger partial charge >= 0.3 is 0 Å². The molecule has 0 unspecified atom stereocenters. The highest BCUT2D eigenvalue weighted by molar-refractivity contribution is 7.13. The Morgan fingerprint density at radius 3 is 2.60 bits per heavy atom. The van der Waals surface area contributed by atoms with E-state index in [0.717, 1.165) is 18.2 Å². The maximum atomic E-state index is 12.4. The summed E-state index contributed by atoms with van der Waals surface area (Å²) >= 11 is 1.59. The van der Waals surface area contributed by atoms with E-state index < -0.39 is 5.41 Å². The van der Waals surface area contributed by atoms with Crippen LogP contribution in [0.4, 0.5) is 5.13 Å². The van der Waals surface area contributed by atoms with Gasteiger partial charge in [0.25, 0.3) is 0 Å². The lowest BCUT2D eigenvalue weighted by atomic mass is 9.90. The van der Waals surface area contributed by atoms with Crippen LogP contribution in [0.25, 0.3) is 0 Å². The van der Waals surface area contributed by atoms with Gasteiger partial charge in [-0.25, -0.2) is 4.98 Å². The van der Waals surface area contributed by atoms with E-state index >= 15 is 0 Å². The molecule has 3 N–H and O–H groups in total. The zero-order valence-corrected chi connectivity index (χ0v) is 12.4. The van der Waals surface area contributed by atoms with Gasteiger partial charge in [-0.05, 0) is 13.8 Å². The number of piperazine rings is 1. The summed E-state index contributed by atoms with van der Waals surface area (Å²) in [4.78, 5) is 20.6. The Labute approximate surface area is 121 Å². The number of thiazole rings is 1. The highest BCUT2D eigenvalue weighted by Crippen LogP contribution is 2.23. The molecule has 1 aliphatic rings. The minimum atomic E-state index is -0.988. The molecule has 0 aromatic carbocycles. The highest BCUT2D eigenvalue weighted by Gasteiger charge is 2.37. The van der Waals surface area contributed by atoms with Crippen molar-refractivity contribution < 1.29 is 10.0 Å². The number of aromatic nitrogens is 1. The molecule has 1 aromatic heterocycles. The molecule has 0 atom stereocenters. The van der Waals surface area contributed by atoms with Crippen molar-refractivity contribution in [1.29, 1.82) is 0 Å². The predicted molar refractivity (Wildman–Crippen MR) is 78.1 cm³/mol. The maximum Gasteiger partial charge on any atom is 0.236 e. The van der Waals surface area contributed by atoms with Crippen LogP contribution < -0.4 is 10.6 Å². The Bertz CT molecular complexity index is 492. The van der Waals surface area contributed by atoms with Crippen LogP contribution in [0.1, 0.15) is 13.8 Å². The van der Waals surface area contributed by atoms with Gasteiger partial charge in [0, 0.05) is 37.8 Å². The van der Waals surface area contributed by atoms with E-state index in [-0.39, 0.29) is 11.7 Å². The molecule has 0 bridgehead atoms. The van der Waals surface area contributed by atoms with Crippen molar-refractivity contribution in [2.24, 2.45) is 16.3 Å². The van der Waals surface area contributed by atoms with Gasteiger partial charge in [-0.3, -0.25) is 4.79 Å². The molecular weight excluding hydrogens is 278 g/mol. The summed E-state index contributed by atoms with van der Waals surface area (Å²) in [7, 11) is 0. The van der Waals surface area contributed by atoms with Crippen LogP contribution in [0, 0.1) is 5.41 Å². The molecule has 1 saturated heterocycles. The van der Waals surface area contributed by atoms with Gasteiger partial charge in [-0.15, -0.1) is 11.3 Å². The molecule has 1 fully saturated rings. The molecule has 2 heterocycles. The molecule has 20 heavy (non-hydrogen) atoms. The van der Waals surface area contributed by atoms with E-state index in [1.165, 1.54) is 0 Å². The summed E-state index contributed by atoms with van der Waals surface area (Å²) < 4.78 is 0. The molecule has 110 valence electrons. The van der Waals surface area contributed by atoms with Crippen LogP contribution >= 0.6 is 11.3 Å². The average Bonchev–Trinajstić information content (AvgIpc) is 2.99. The lowest BCUT2D eigenvalue weighted by Crippen LogP contribution is -2.55. The minimum Gasteiger partial charge on any atom is -0.409 e. The third-order valence-electron chi connectivity index (χ3n) is 3.54. The van der Waals surface area contributed by atoms with Crippen molar-refractivity contribution in [3.63, 3.8) is 0 Å². The van der Waals surface area contributed by atoms with Gasteiger partial charge in [-0.2, -0.15) is 0 Å². The largest absolute Gasteiger partial charge is 0.409 e. The zero-order chi connectivity index (χ0) is 14.8. The third-order valence-corrected chi connectivity index (χ3v) is 4.37. The number of carbonyl (C=O) groups excluding carboxylic acids is 1. The fourth-order valence-corrected chi connectivity index (χ4v) is 2.80. The number of rotatable bonds is 3. The normalized spacial score (nSPS) is 17.4. The standard InChI is InChI=1S/C12H19N5O2S/c1-12(2,9(13)15-19)10(18)16-4-6-17(7-5-16)11-14-3-8-20-11/h3,8,19H,4-7H2,1-2H3,(H2,13,15). The van der Waals surface area contributed by atoms with Gasteiger partial charge in [0.1, 0.15) is 5.41 Å². The quantitative estimate of drug-likeness (QED) is 0.368. The first kappa shape index (κ1) is 14.6. The monoisotopic (exact) mass is 297 g/mol. The van der Waals surface area contributed by atoms with Crippen molar-refractivity contribution in [3.05, 3.63) is 11.6 Å². The Morgan fingerprint density at radius 1 is 1.45 bits per heavy atom. The first-order valence-electron chi connectivity index (χ1n) is 6.38.